The van der Waals surface area contributed by atoms with Gasteiger partial charge in [-0.25, -0.2) is 9.67 Å². The molecule has 0 saturated carbocycles. The van der Waals surface area contributed by atoms with Gasteiger partial charge in [0.2, 0.25) is 11.7 Å². The molecular weight excluding hydrogens is 394 g/mol. The van der Waals surface area contributed by atoms with E-state index >= 15 is 0 Å². The smallest absolute Gasteiger partial charge is 0.280 e. The largest absolute Gasteiger partial charge is 0.441 e. The van der Waals surface area contributed by atoms with Crippen LogP contribution in [0.3, 0.4) is 0 Å². The van der Waals surface area contributed by atoms with Gasteiger partial charge in [0.15, 0.2) is 5.69 Å². The van der Waals surface area contributed by atoms with Crippen LogP contribution in [0.15, 0.2) is 57.7 Å². The molecule has 31 heavy (non-hydrogen) atoms. The molecule has 5 rings (SSSR count). The molecule has 154 valence electrons. The van der Waals surface area contributed by atoms with Crippen LogP contribution >= 0.6 is 0 Å². The highest BCUT2D eigenvalue weighted by Gasteiger charge is 2.20. The molecular formula is C22H19N7O2. The predicted octanol–water partition coefficient (Wildman–Crippen LogP) is 4.02. The zero-order chi connectivity index (χ0) is 21.4. The van der Waals surface area contributed by atoms with E-state index in [0.717, 1.165) is 28.3 Å². The molecule has 1 aromatic carbocycles. The summed E-state index contributed by atoms with van der Waals surface area (Å²) >= 11 is 0. The van der Waals surface area contributed by atoms with E-state index in [2.05, 4.69) is 30.4 Å². The maximum atomic E-state index is 5.88. The number of rotatable bonds is 5. The summed E-state index contributed by atoms with van der Waals surface area (Å²) in [6.45, 7) is 6.27. The quantitative estimate of drug-likeness (QED) is 0.425. The van der Waals surface area contributed by atoms with Crippen molar-refractivity contribution >= 4 is 0 Å². The highest BCUT2D eigenvalue weighted by atomic mass is 16.5. The van der Waals surface area contributed by atoms with Gasteiger partial charge in [-0.1, -0.05) is 28.1 Å². The fraction of sp³-hybridized carbons (Fsp3) is 0.182. The lowest BCUT2D eigenvalue weighted by molar-refractivity contribution is 0.430. The van der Waals surface area contributed by atoms with Crippen LogP contribution in [0.4, 0.5) is 0 Å². The van der Waals surface area contributed by atoms with Crippen molar-refractivity contribution in [2.75, 3.05) is 0 Å². The second-order valence-corrected chi connectivity index (χ2v) is 7.23. The Balaban J connectivity index is 1.40. The van der Waals surface area contributed by atoms with Crippen LogP contribution in [0.5, 0.6) is 0 Å². The predicted molar refractivity (Wildman–Crippen MR) is 112 cm³/mol. The first-order chi connectivity index (χ1) is 15.1. The molecule has 9 heteroatoms. The average molecular weight is 413 g/mol. The van der Waals surface area contributed by atoms with Crippen LogP contribution in [0.25, 0.3) is 34.4 Å². The zero-order valence-corrected chi connectivity index (χ0v) is 17.3. The Morgan fingerprint density at radius 2 is 1.65 bits per heavy atom. The van der Waals surface area contributed by atoms with E-state index in [1.165, 1.54) is 5.56 Å². The molecule has 0 spiro atoms. The molecule has 5 aromatic rings. The Bertz CT molecular complexity index is 1330. The Kier molecular flexibility index (Phi) is 4.62. The molecule has 0 radical (unpaired) electrons. The Hall–Kier alpha value is -4.14. The minimum absolute atomic E-state index is 0.313. The molecule has 0 fully saturated rings. The normalized spacial score (nSPS) is 11.2. The molecule has 0 aliphatic rings. The second kappa shape index (κ2) is 7.60. The highest BCUT2D eigenvalue weighted by molar-refractivity contribution is 5.58. The van der Waals surface area contributed by atoms with Gasteiger partial charge in [0.05, 0.1) is 12.2 Å². The van der Waals surface area contributed by atoms with Crippen molar-refractivity contribution in [2.45, 2.75) is 27.3 Å². The van der Waals surface area contributed by atoms with E-state index in [4.69, 9.17) is 8.94 Å². The number of aryl methyl sites for hydroxylation is 2. The number of aromatic nitrogens is 7. The van der Waals surface area contributed by atoms with E-state index in [1.54, 1.807) is 17.1 Å². The van der Waals surface area contributed by atoms with Crippen LogP contribution in [-0.4, -0.2) is 35.1 Å². The van der Waals surface area contributed by atoms with Crippen molar-refractivity contribution in [3.05, 3.63) is 71.5 Å². The average Bonchev–Trinajstić information content (AvgIpc) is 3.50. The third kappa shape index (κ3) is 3.61. The van der Waals surface area contributed by atoms with Crippen molar-refractivity contribution in [2.24, 2.45) is 0 Å². The number of oxazole rings is 1. The number of pyridine rings is 1. The third-order valence-corrected chi connectivity index (χ3v) is 5.04. The fourth-order valence-electron chi connectivity index (χ4n) is 3.18. The maximum Gasteiger partial charge on any atom is 0.280 e. The topological polar surface area (TPSA) is 109 Å². The molecule has 0 aliphatic carbocycles. The lowest BCUT2D eigenvalue weighted by Gasteiger charge is -2.00. The number of nitrogens with zero attached hydrogens (tertiary/aromatic N) is 7. The minimum atomic E-state index is 0.313. The monoisotopic (exact) mass is 413 g/mol. The van der Waals surface area contributed by atoms with Gasteiger partial charge in [-0.15, -0.1) is 5.10 Å². The molecule has 0 amide bonds. The van der Waals surface area contributed by atoms with E-state index in [1.807, 2.05) is 57.2 Å². The number of benzene rings is 1. The van der Waals surface area contributed by atoms with E-state index in [9.17, 15) is 0 Å². The molecule has 4 aromatic heterocycles. The first kappa shape index (κ1) is 18.9. The van der Waals surface area contributed by atoms with Crippen molar-refractivity contribution < 1.29 is 8.94 Å². The summed E-state index contributed by atoms with van der Waals surface area (Å²) < 4.78 is 13.0. The fourth-order valence-corrected chi connectivity index (χ4v) is 3.18. The Labute approximate surface area is 177 Å². The molecule has 0 N–H and O–H groups in total. The van der Waals surface area contributed by atoms with E-state index in [-0.39, 0.29) is 0 Å². The summed E-state index contributed by atoms with van der Waals surface area (Å²) in [7, 11) is 0. The molecule has 0 atom stereocenters. The Morgan fingerprint density at radius 1 is 0.871 bits per heavy atom. The summed E-state index contributed by atoms with van der Waals surface area (Å²) in [4.78, 5) is 13.1. The van der Waals surface area contributed by atoms with Crippen molar-refractivity contribution in [3.63, 3.8) is 0 Å². The van der Waals surface area contributed by atoms with Gasteiger partial charge >= 0.3 is 0 Å². The van der Waals surface area contributed by atoms with Crippen molar-refractivity contribution in [3.8, 4) is 34.4 Å². The van der Waals surface area contributed by atoms with Crippen molar-refractivity contribution in [1.29, 1.82) is 0 Å². The van der Waals surface area contributed by atoms with E-state index in [0.29, 0.717) is 29.8 Å². The van der Waals surface area contributed by atoms with Gasteiger partial charge in [-0.3, -0.25) is 4.98 Å². The summed E-state index contributed by atoms with van der Waals surface area (Å²) in [6, 6.07) is 11.7. The number of hydrogen-bond acceptors (Lipinski definition) is 8. The van der Waals surface area contributed by atoms with Gasteiger partial charge in [0.25, 0.3) is 5.89 Å². The molecule has 4 heterocycles. The maximum absolute atomic E-state index is 5.88. The minimum Gasteiger partial charge on any atom is -0.441 e. The van der Waals surface area contributed by atoms with Crippen LogP contribution in [0.1, 0.15) is 22.7 Å². The summed E-state index contributed by atoms with van der Waals surface area (Å²) in [5.74, 6) is 2.11. The molecule has 0 aliphatic heterocycles. The Morgan fingerprint density at radius 3 is 2.42 bits per heavy atom. The highest BCUT2D eigenvalue weighted by Crippen LogP contribution is 2.25. The third-order valence-electron chi connectivity index (χ3n) is 5.04. The SMILES string of the molecule is Cc1ccc(-c2nc(Cn3nnc(-c4nc(-c5ccncc5)no4)c3C)c(C)o2)cc1. The molecule has 0 bridgehead atoms. The van der Waals surface area contributed by atoms with Gasteiger partial charge in [-0.05, 0) is 45.0 Å². The lowest BCUT2D eigenvalue weighted by Crippen LogP contribution is -2.05. The van der Waals surface area contributed by atoms with Gasteiger partial charge in [0.1, 0.15) is 11.5 Å². The molecule has 0 saturated heterocycles. The zero-order valence-electron chi connectivity index (χ0n) is 17.3. The summed E-state index contributed by atoms with van der Waals surface area (Å²) in [5.41, 5.74) is 5.06. The van der Waals surface area contributed by atoms with Gasteiger partial charge in [-0.2, -0.15) is 4.98 Å². The van der Waals surface area contributed by atoms with Gasteiger partial charge in [0, 0.05) is 23.5 Å². The van der Waals surface area contributed by atoms with Crippen LogP contribution < -0.4 is 0 Å². The van der Waals surface area contributed by atoms with Crippen LogP contribution in [-0.2, 0) is 6.54 Å². The first-order valence-corrected chi connectivity index (χ1v) is 9.76. The second-order valence-electron chi connectivity index (χ2n) is 7.23. The summed E-state index contributed by atoms with van der Waals surface area (Å²) in [6.07, 6.45) is 3.36. The van der Waals surface area contributed by atoms with Crippen molar-refractivity contribution in [1.82, 2.24) is 35.1 Å². The number of hydrogen-bond donors (Lipinski definition) is 0. The standard InChI is InChI=1S/C22H19N7O2/c1-13-4-6-17(7-5-13)21-24-18(15(3)30-21)12-29-14(2)19(26-28-29)22-25-20(27-31-22)16-8-10-23-11-9-16/h4-11H,12H2,1-3H3. The first-order valence-electron chi connectivity index (χ1n) is 9.76. The summed E-state index contributed by atoms with van der Waals surface area (Å²) in [5, 5.41) is 12.5. The van der Waals surface area contributed by atoms with Crippen LogP contribution in [0, 0.1) is 20.8 Å². The molecule has 9 nitrogen and oxygen atoms in total. The lowest BCUT2D eigenvalue weighted by atomic mass is 10.1. The van der Waals surface area contributed by atoms with Crippen LogP contribution in [0.2, 0.25) is 0 Å². The van der Waals surface area contributed by atoms with E-state index < -0.39 is 0 Å². The molecule has 0 unspecified atom stereocenters. The van der Waals surface area contributed by atoms with Gasteiger partial charge < -0.3 is 8.94 Å².